The number of carbonyl (C=O) groups excluding carboxylic acids is 1. The second-order valence-electron chi connectivity index (χ2n) is 6.14. The van der Waals surface area contributed by atoms with Crippen LogP contribution in [0.2, 0.25) is 0 Å². The average Bonchev–Trinajstić information content (AvgIpc) is 2.62. The van der Waals surface area contributed by atoms with Crippen molar-refractivity contribution in [1.82, 2.24) is 23.4 Å². The van der Waals surface area contributed by atoms with Crippen LogP contribution >= 0.6 is 0 Å². The van der Waals surface area contributed by atoms with Gasteiger partial charge in [-0.25, -0.2) is 0 Å². The lowest BCUT2D eigenvalue weighted by Gasteiger charge is -2.39. The van der Waals surface area contributed by atoms with Crippen LogP contribution in [0.25, 0.3) is 0 Å². The first-order valence-electron chi connectivity index (χ1n) is 8.11. The molecule has 0 saturated carbocycles. The van der Waals surface area contributed by atoms with Crippen molar-refractivity contribution in [3.05, 3.63) is 30.1 Å². The predicted octanol–water partition coefficient (Wildman–Crippen LogP) is -0.668. The Balaban J connectivity index is 1.59. The average molecular weight is 353 g/mol. The second kappa shape index (κ2) is 7.14. The topological polar surface area (TPSA) is 77.1 Å². The molecule has 2 fully saturated rings. The molecule has 0 N–H and O–H groups in total. The van der Waals surface area contributed by atoms with E-state index in [0.29, 0.717) is 44.8 Å². The van der Waals surface area contributed by atoms with Gasteiger partial charge in [-0.15, -0.1) is 0 Å². The maximum Gasteiger partial charge on any atom is 0.282 e. The van der Waals surface area contributed by atoms with E-state index < -0.39 is 10.2 Å². The van der Waals surface area contributed by atoms with Crippen molar-refractivity contribution in [3.8, 4) is 0 Å². The summed E-state index contributed by atoms with van der Waals surface area (Å²) in [6.45, 7) is 4.02. The molecule has 0 unspecified atom stereocenters. The van der Waals surface area contributed by atoms with Crippen molar-refractivity contribution in [2.24, 2.45) is 0 Å². The summed E-state index contributed by atoms with van der Waals surface area (Å²) in [5.74, 6) is -0.0975. The molecule has 0 aliphatic carbocycles. The van der Waals surface area contributed by atoms with E-state index in [9.17, 15) is 13.2 Å². The van der Waals surface area contributed by atoms with Crippen LogP contribution in [0.3, 0.4) is 0 Å². The Hall–Kier alpha value is -1.55. The van der Waals surface area contributed by atoms with E-state index in [4.69, 9.17) is 0 Å². The first kappa shape index (κ1) is 17.3. The van der Waals surface area contributed by atoms with Crippen LogP contribution in [-0.2, 0) is 10.2 Å². The van der Waals surface area contributed by atoms with Gasteiger partial charge in [-0.1, -0.05) is 0 Å². The summed E-state index contributed by atoms with van der Waals surface area (Å²) in [5.41, 5.74) is 0.535. The summed E-state index contributed by atoms with van der Waals surface area (Å²) in [5, 5.41) is 0. The zero-order valence-corrected chi connectivity index (χ0v) is 14.7. The van der Waals surface area contributed by atoms with Gasteiger partial charge >= 0.3 is 0 Å². The highest BCUT2D eigenvalue weighted by Crippen LogP contribution is 2.15. The molecule has 3 rings (SSSR count). The summed E-state index contributed by atoms with van der Waals surface area (Å²) in [6, 6.07) is 3.45. The molecule has 0 aromatic carbocycles. The molecule has 2 aliphatic heterocycles. The van der Waals surface area contributed by atoms with E-state index in [1.807, 2.05) is 7.05 Å². The number of pyridine rings is 1. The van der Waals surface area contributed by atoms with Gasteiger partial charge in [0.15, 0.2) is 0 Å². The number of hydrogen-bond donors (Lipinski definition) is 0. The van der Waals surface area contributed by atoms with Crippen LogP contribution in [0.15, 0.2) is 24.5 Å². The zero-order chi connectivity index (χ0) is 17.2. The summed E-state index contributed by atoms with van der Waals surface area (Å²) < 4.78 is 28.5. The van der Waals surface area contributed by atoms with Gasteiger partial charge in [0, 0.05) is 64.8 Å². The van der Waals surface area contributed by atoms with Gasteiger partial charge in [-0.05, 0) is 19.2 Å². The SMILES string of the molecule is CN1CCN(S(=O)(=O)N2CCN(C(=O)c3cccnc3)CC2)CC1. The van der Waals surface area contributed by atoms with E-state index in [0.717, 1.165) is 13.1 Å². The molecule has 1 aromatic rings. The van der Waals surface area contributed by atoms with Crippen molar-refractivity contribution >= 4 is 16.1 Å². The molecule has 2 aliphatic rings. The highest BCUT2D eigenvalue weighted by atomic mass is 32.2. The molecule has 3 heterocycles. The largest absolute Gasteiger partial charge is 0.336 e. The highest BCUT2D eigenvalue weighted by Gasteiger charge is 2.34. The first-order valence-corrected chi connectivity index (χ1v) is 9.51. The molecule has 1 aromatic heterocycles. The summed E-state index contributed by atoms with van der Waals surface area (Å²) in [7, 11) is -1.44. The number of hydrogen-bond acceptors (Lipinski definition) is 5. The van der Waals surface area contributed by atoms with Crippen molar-refractivity contribution in [1.29, 1.82) is 0 Å². The minimum absolute atomic E-state index is 0.0975. The van der Waals surface area contributed by atoms with Gasteiger partial charge in [-0.2, -0.15) is 17.0 Å². The van der Waals surface area contributed by atoms with Crippen LogP contribution in [0.1, 0.15) is 10.4 Å². The molecule has 132 valence electrons. The Kier molecular flexibility index (Phi) is 5.14. The number of nitrogens with zero attached hydrogens (tertiary/aromatic N) is 5. The Bertz CT molecular complexity index is 666. The molecular weight excluding hydrogens is 330 g/mol. The minimum Gasteiger partial charge on any atom is -0.336 e. The number of likely N-dealkylation sites (N-methyl/N-ethyl adjacent to an activating group) is 1. The Morgan fingerprint density at radius 2 is 1.58 bits per heavy atom. The molecule has 0 spiro atoms. The van der Waals surface area contributed by atoms with Crippen molar-refractivity contribution in [2.75, 3.05) is 59.4 Å². The monoisotopic (exact) mass is 353 g/mol. The van der Waals surface area contributed by atoms with Crippen LogP contribution in [0.4, 0.5) is 0 Å². The zero-order valence-electron chi connectivity index (χ0n) is 13.8. The molecular formula is C15H23N5O3S. The van der Waals surface area contributed by atoms with Gasteiger partial charge in [0.2, 0.25) is 0 Å². The first-order chi connectivity index (χ1) is 11.5. The van der Waals surface area contributed by atoms with Gasteiger partial charge in [0.1, 0.15) is 0 Å². The van der Waals surface area contributed by atoms with Gasteiger partial charge < -0.3 is 9.80 Å². The fourth-order valence-electron chi connectivity index (χ4n) is 2.98. The standard InChI is InChI=1S/C15H23N5O3S/c1-17-5-9-19(10-6-17)24(22,23)20-11-7-18(8-12-20)15(21)14-3-2-4-16-13-14/h2-4,13H,5-12H2,1H3. The van der Waals surface area contributed by atoms with E-state index in [1.54, 1.807) is 27.5 Å². The molecule has 0 bridgehead atoms. The lowest BCUT2D eigenvalue weighted by atomic mass is 10.2. The molecule has 24 heavy (non-hydrogen) atoms. The molecule has 2 saturated heterocycles. The summed E-state index contributed by atoms with van der Waals surface area (Å²) in [4.78, 5) is 20.2. The van der Waals surface area contributed by atoms with E-state index >= 15 is 0 Å². The van der Waals surface area contributed by atoms with Crippen molar-refractivity contribution < 1.29 is 13.2 Å². The molecule has 8 nitrogen and oxygen atoms in total. The Labute approximate surface area is 142 Å². The van der Waals surface area contributed by atoms with Crippen LogP contribution in [0.5, 0.6) is 0 Å². The number of rotatable bonds is 3. The van der Waals surface area contributed by atoms with Crippen molar-refractivity contribution in [2.45, 2.75) is 0 Å². The molecule has 0 radical (unpaired) electrons. The van der Waals surface area contributed by atoms with Crippen LogP contribution in [-0.4, -0.2) is 97.1 Å². The van der Waals surface area contributed by atoms with Crippen molar-refractivity contribution in [3.63, 3.8) is 0 Å². The van der Waals surface area contributed by atoms with Crippen LogP contribution < -0.4 is 0 Å². The predicted molar refractivity (Wildman–Crippen MR) is 89.7 cm³/mol. The third-order valence-electron chi connectivity index (χ3n) is 4.55. The lowest BCUT2D eigenvalue weighted by molar-refractivity contribution is 0.0692. The van der Waals surface area contributed by atoms with Gasteiger partial charge in [0.05, 0.1) is 5.56 Å². The quantitative estimate of drug-likeness (QED) is 0.720. The Morgan fingerprint density at radius 1 is 1.00 bits per heavy atom. The third kappa shape index (κ3) is 3.59. The number of amides is 1. The fraction of sp³-hybridized carbons (Fsp3) is 0.600. The van der Waals surface area contributed by atoms with Gasteiger partial charge in [-0.3, -0.25) is 9.78 Å². The maximum absolute atomic E-state index is 12.7. The van der Waals surface area contributed by atoms with E-state index in [2.05, 4.69) is 9.88 Å². The number of carbonyl (C=O) groups is 1. The molecule has 0 atom stereocenters. The third-order valence-corrected chi connectivity index (χ3v) is 6.58. The summed E-state index contributed by atoms with van der Waals surface area (Å²) in [6.07, 6.45) is 3.16. The highest BCUT2D eigenvalue weighted by molar-refractivity contribution is 7.86. The van der Waals surface area contributed by atoms with Gasteiger partial charge in [0.25, 0.3) is 16.1 Å². The van der Waals surface area contributed by atoms with E-state index in [1.165, 1.54) is 10.5 Å². The number of aromatic nitrogens is 1. The molecule has 1 amide bonds. The molecule has 9 heteroatoms. The van der Waals surface area contributed by atoms with Crippen LogP contribution in [0, 0.1) is 0 Å². The Morgan fingerprint density at radius 3 is 2.12 bits per heavy atom. The lowest BCUT2D eigenvalue weighted by Crippen LogP contribution is -2.57. The van der Waals surface area contributed by atoms with E-state index in [-0.39, 0.29) is 5.91 Å². The minimum atomic E-state index is -3.43. The smallest absolute Gasteiger partial charge is 0.282 e. The normalized spacial score (nSPS) is 21.8. The number of piperazine rings is 2. The summed E-state index contributed by atoms with van der Waals surface area (Å²) >= 11 is 0. The fourth-order valence-corrected chi connectivity index (χ4v) is 4.55. The second-order valence-corrected chi connectivity index (χ2v) is 8.07. The maximum atomic E-state index is 12.7.